The van der Waals surface area contributed by atoms with Crippen LogP contribution in [-0.2, 0) is 0 Å². The Balaban J connectivity index is 1.80. The first-order chi connectivity index (χ1) is 8.25. The summed E-state index contributed by atoms with van der Waals surface area (Å²) in [6.07, 6.45) is 6.54. The smallest absolute Gasteiger partial charge is 0.124 e. The summed E-state index contributed by atoms with van der Waals surface area (Å²) in [6.45, 7) is 0. The van der Waals surface area contributed by atoms with Crippen molar-refractivity contribution in [3.05, 3.63) is 30.1 Å². The fourth-order valence-corrected chi connectivity index (χ4v) is 3.48. The number of hydrogen-bond acceptors (Lipinski definition) is 2. The molecule has 1 aromatic carbocycles. The fourth-order valence-electron chi connectivity index (χ4n) is 2.45. The van der Waals surface area contributed by atoms with E-state index in [9.17, 15) is 4.39 Å². The maximum atomic E-state index is 13.0. The first-order valence-electron chi connectivity index (χ1n) is 6.39. The van der Waals surface area contributed by atoms with E-state index in [1.807, 2.05) is 6.07 Å². The Hall–Kier alpha value is -0.540. The van der Waals surface area contributed by atoms with Gasteiger partial charge < -0.3 is 5.73 Å². The number of thioether (sulfide) groups is 1. The van der Waals surface area contributed by atoms with Crippen LogP contribution < -0.4 is 5.73 Å². The summed E-state index contributed by atoms with van der Waals surface area (Å²) in [4.78, 5) is 0.983. The number of nitrogens with two attached hydrogens (primary N) is 1. The molecule has 0 aromatic heterocycles. The van der Waals surface area contributed by atoms with Crippen LogP contribution in [0, 0.1) is 11.7 Å². The monoisotopic (exact) mass is 253 g/mol. The average molecular weight is 253 g/mol. The van der Waals surface area contributed by atoms with Crippen molar-refractivity contribution < 1.29 is 4.39 Å². The molecule has 2 N–H and O–H groups in total. The van der Waals surface area contributed by atoms with Crippen LogP contribution in [0.25, 0.3) is 0 Å². The molecule has 1 saturated carbocycles. The lowest BCUT2D eigenvalue weighted by Gasteiger charge is -2.27. The lowest BCUT2D eigenvalue weighted by molar-refractivity contribution is 0.319. The van der Waals surface area contributed by atoms with Gasteiger partial charge in [0.2, 0.25) is 0 Å². The zero-order valence-corrected chi connectivity index (χ0v) is 10.9. The Kier molecular flexibility index (Phi) is 4.86. The van der Waals surface area contributed by atoms with Gasteiger partial charge in [-0.1, -0.05) is 25.3 Å². The van der Waals surface area contributed by atoms with Crippen molar-refractivity contribution in [2.24, 2.45) is 11.7 Å². The molecule has 1 atom stereocenters. The molecule has 0 amide bonds. The summed E-state index contributed by atoms with van der Waals surface area (Å²) >= 11 is 1.67. The molecule has 0 saturated heterocycles. The first-order valence-corrected chi connectivity index (χ1v) is 7.38. The molecule has 3 heteroatoms. The van der Waals surface area contributed by atoms with Crippen molar-refractivity contribution in [2.45, 2.75) is 43.0 Å². The van der Waals surface area contributed by atoms with E-state index in [0.717, 1.165) is 10.6 Å². The van der Waals surface area contributed by atoms with Crippen molar-refractivity contribution >= 4 is 11.8 Å². The maximum Gasteiger partial charge on any atom is 0.124 e. The number of halogens is 1. The quantitative estimate of drug-likeness (QED) is 0.825. The SMILES string of the molecule is NC(CSc1cccc(F)c1)C1CCCCC1. The van der Waals surface area contributed by atoms with Gasteiger partial charge in [-0.2, -0.15) is 0 Å². The highest BCUT2D eigenvalue weighted by Gasteiger charge is 2.20. The average Bonchev–Trinajstić information content (AvgIpc) is 2.37. The molecule has 0 spiro atoms. The van der Waals surface area contributed by atoms with Gasteiger partial charge in [0, 0.05) is 16.7 Å². The van der Waals surface area contributed by atoms with Crippen LogP contribution in [0.4, 0.5) is 4.39 Å². The zero-order valence-electron chi connectivity index (χ0n) is 10.1. The van der Waals surface area contributed by atoms with E-state index in [2.05, 4.69) is 0 Å². The molecule has 0 heterocycles. The van der Waals surface area contributed by atoms with Gasteiger partial charge in [0.25, 0.3) is 0 Å². The highest BCUT2D eigenvalue weighted by atomic mass is 32.2. The minimum atomic E-state index is -0.166. The highest BCUT2D eigenvalue weighted by Crippen LogP contribution is 2.28. The molecule has 94 valence electrons. The van der Waals surface area contributed by atoms with Crippen LogP contribution >= 0.6 is 11.8 Å². The molecular formula is C14H20FNS. The fraction of sp³-hybridized carbons (Fsp3) is 0.571. The Bertz CT molecular complexity index is 350. The number of hydrogen-bond donors (Lipinski definition) is 1. The van der Waals surface area contributed by atoms with Crippen LogP contribution in [0.15, 0.2) is 29.2 Å². The minimum Gasteiger partial charge on any atom is -0.327 e. The molecule has 1 aliphatic carbocycles. The Morgan fingerprint density at radius 2 is 2.06 bits per heavy atom. The predicted octanol–water partition coefficient (Wildman–Crippen LogP) is 3.83. The molecule has 2 rings (SSSR count). The van der Waals surface area contributed by atoms with Crippen LogP contribution in [0.5, 0.6) is 0 Å². The Morgan fingerprint density at radius 3 is 2.76 bits per heavy atom. The Morgan fingerprint density at radius 1 is 1.29 bits per heavy atom. The predicted molar refractivity (Wildman–Crippen MR) is 71.7 cm³/mol. The summed E-state index contributed by atoms with van der Waals surface area (Å²) in [6, 6.07) is 7.01. The van der Waals surface area contributed by atoms with Crippen molar-refractivity contribution in [1.82, 2.24) is 0 Å². The van der Waals surface area contributed by atoms with Gasteiger partial charge in [-0.15, -0.1) is 11.8 Å². The van der Waals surface area contributed by atoms with E-state index in [1.165, 1.54) is 38.2 Å². The van der Waals surface area contributed by atoms with Crippen molar-refractivity contribution in [3.8, 4) is 0 Å². The van der Waals surface area contributed by atoms with E-state index in [1.54, 1.807) is 23.9 Å². The van der Waals surface area contributed by atoms with Crippen LogP contribution in [0.3, 0.4) is 0 Å². The molecule has 1 fully saturated rings. The van der Waals surface area contributed by atoms with E-state index < -0.39 is 0 Å². The molecule has 1 nitrogen and oxygen atoms in total. The summed E-state index contributed by atoms with van der Waals surface area (Å²) in [5.74, 6) is 1.40. The third-order valence-electron chi connectivity index (χ3n) is 3.49. The standard InChI is InChI=1S/C14H20FNS/c15-12-7-4-8-13(9-12)17-10-14(16)11-5-2-1-3-6-11/h4,7-9,11,14H,1-3,5-6,10,16H2. The summed E-state index contributed by atoms with van der Waals surface area (Å²) in [5.41, 5.74) is 6.22. The van der Waals surface area contributed by atoms with E-state index >= 15 is 0 Å². The largest absolute Gasteiger partial charge is 0.327 e. The van der Waals surface area contributed by atoms with E-state index in [0.29, 0.717) is 5.92 Å². The maximum absolute atomic E-state index is 13.0. The molecule has 1 aromatic rings. The third kappa shape index (κ3) is 4.00. The van der Waals surface area contributed by atoms with Crippen molar-refractivity contribution in [2.75, 3.05) is 5.75 Å². The second kappa shape index (κ2) is 6.41. The summed E-state index contributed by atoms with van der Waals surface area (Å²) in [7, 11) is 0. The van der Waals surface area contributed by atoms with Gasteiger partial charge in [0.05, 0.1) is 0 Å². The number of benzene rings is 1. The van der Waals surface area contributed by atoms with Crippen molar-refractivity contribution in [1.29, 1.82) is 0 Å². The molecule has 17 heavy (non-hydrogen) atoms. The normalized spacial score (nSPS) is 19.2. The highest BCUT2D eigenvalue weighted by molar-refractivity contribution is 7.99. The van der Waals surface area contributed by atoms with Crippen molar-refractivity contribution in [3.63, 3.8) is 0 Å². The first kappa shape index (κ1) is 12.9. The lowest BCUT2D eigenvalue weighted by Crippen LogP contribution is -2.33. The molecule has 1 aliphatic rings. The van der Waals surface area contributed by atoms with E-state index in [4.69, 9.17) is 5.73 Å². The van der Waals surface area contributed by atoms with Crippen LogP contribution in [-0.4, -0.2) is 11.8 Å². The third-order valence-corrected chi connectivity index (χ3v) is 4.63. The second-order valence-electron chi connectivity index (χ2n) is 4.83. The van der Waals surface area contributed by atoms with Gasteiger partial charge in [-0.3, -0.25) is 0 Å². The Labute approximate surface area is 107 Å². The minimum absolute atomic E-state index is 0.166. The molecular weight excluding hydrogens is 233 g/mol. The molecule has 0 bridgehead atoms. The van der Waals surface area contributed by atoms with Gasteiger partial charge in [-0.05, 0) is 37.0 Å². The van der Waals surface area contributed by atoms with Gasteiger partial charge in [-0.25, -0.2) is 4.39 Å². The summed E-state index contributed by atoms with van der Waals surface area (Å²) < 4.78 is 13.0. The van der Waals surface area contributed by atoms with Gasteiger partial charge >= 0.3 is 0 Å². The zero-order chi connectivity index (χ0) is 12.1. The van der Waals surface area contributed by atoms with E-state index in [-0.39, 0.29) is 11.9 Å². The van der Waals surface area contributed by atoms with Gasteiger partial charge in [0.15, 0.2) is 0 Å². The lowest BCUT2D eigenvalue weighted by atomic mass is 9.85. The van der Waals surface area contributed by atoms with Gasteiger partial charge in [0.1, 0.15) is 5.82 Å². The molecule has 1 unspecified atom stereocenters. The summed E-state index contributed by atoms with van der Waals surface area (Å²) in [5, 5.41) is 0. The molecule has 0 aliphatic heterocycles. The van der Waals surface area contributed by atoms with Crippen LogP contribution in [0.1, 0.15) is 32.1 Å². The second-order valence-corrected chi connectivity index (χ2v) is 5.92. The number of rotatable bonds is 4. The topological polar surface area (TPSA) is 26.0 Å². The van der Waals surface area contributed by atoms with Crippen LogP contribution in [0.2, 0.25) is 0 Å². The molecule has 0 radical (unpaired) electrons.